The summed E-state index contributed by atoms with van der Waals surface area (Å²) in [7, 11) is 0. The van der Waals surface area contributed by atoms with Crippen LogP contribution in [0.3, 0.4) is 0 Å². The molecule has 1 fully saturated rings. The minimum absolute atomic E-state index is 0.106. The predicted molar refractivity (Wildman–Crippen MR) is 153 cm³/mol. The van der Waals surface area contributed by atoms with E-state index in [2.05, 4.69) is 27.0 Å². The zero-order valence-electron chi connectivity index (χ0n) is 22.0. The first-order valence-corrected chi connectivity index (χ1v) is 12.9. The minimum Gasteiger partial charge on any atom is -0.457 e. The highest BCUT2D eigenvalue weighted by Gasteiger charge is 2.10. The predicted octanol–water partition coefficient (Wildman–Crippen LogP) is 4.34. The topological polar surface area (TPSA) is 107 Å². The summed E-state index contributed by atoms with van der Waals surface area (Å²) >= 11 is 0. The number of pyridine rings is 1. The van der Waals surface area contributed by atoms with Crippen LogP contribution >= 0.6 is 0 Å². The molecule has 3 aromatic rings. The first-order chi connectivity index (χ1) is 19.0. The number of hydrogen-bond donors (Lipinski definition) is 2. The Morgan fingerprint density at radius 2 is 1.92 bits per heavy atom. The number of anilines is 1. The van der Waals surface area contributed by atoms with Crippen LogP contribution in [-0.2, 0) is 9.53 Å². The summed E-state index contributed by atoms with van der Waals surface area (Å²) in [5, 5.41) is 3.56. The van der Waals surface area contributed by atoms with Crippen molar-refractivity contribution in [1.29, 1.82) is 0 Å². The van der Waals surface area contributed by atoms with Gasteiger partial charge in [-0.1, -0.05) is 23.6 Å². The van der Waals surface area contributed by atoms with Crippen LogP contribution in [0, 0.1) is 11.8 Å². The molecule has 0 radical (unpaired) electrons. The first kappa shape index (κ1) is 27.7. The van der Waals surface area contributed by atoms with E-state index in [0.29, 0.717) is 35.7 Å². The number of amides is 1. The Morgan fingerprint density at radius 3 is 2.69 bits per heavy atom. The fraction of sp³-hybridized carbons (Fsp3) is 0.258. The van der Waals surface area contributed by atoms with E-state index >= 15 is 0 Å². The third-order valence-corrected chi connectivity index (χ3v) is 6.12. The summed E-state index contributed by atoms with van der Waals surface area (Å²) in [5.74, 6) is 6.28. The fourth-order valence-corrected chi connectivity index (χ4v) is 4.00. The zero-order chi connectivity index (χ0) is 27.5. The number of fused-ring (bicyclic) bond motifs is 1. The molecule has 1 saturated heterocycles. The number of ether oxygens (including phenoxy) is 2. The number of hydrogen-bond acceptors (Lipinski definition) is 7. The Kier molecular flexibility index (Phi) is 9.98. The van der Waals surface area contributed by atoms with Gasteiger partial charge in [-0.25, -0.2) is 0 Å². The van der Waals surface area contributed by atoms with Gasteiger partial charge in [-0.05, 0) is 67.5 Å². The minimum atomic E-state index is -0.370. The molecule has 0 atom stereocenters. The molecule has 0 aliphatic carbocycles. The molecule has 200 valence electrons. The van der Waals surface area contributed by atoms with Crippen LogP contribution in [0.25, 0.3) is 10.9 Å². The highest BCUT2D eigenvalue weighted by molar-refractivity contribution is 6.05. The number of carbonyl (C=O) groups excluding carboxylic acids is 2. The standard InChI is InChI=1S/C31H32N4O4/c1-23(13-15-32)5-12-29(36)24-6-9-26(10-7-24)39-30-14-16-33-28-11-8-25(22-27(28)30)34-31(37)4-2-3-17-35-18-20-38-21-19-35/h5-14,16,22H,3,15,17-21,32H2,1H3,(H,34,37)/b12-5?,23-13-. The number of morpholine rings is 1. The van der Waals surface area contributed by atoms with E-state index < -0.39 is 0 Å². The number of nitrogens with one attached hydrogen (secondary N) is 1. The summed E-state index contributed by atoms with van der Waals surface area (Å²) in [5.41, 5.74) is 8.30. The smallest absolute Gasteiger partial charge is 0.300 e. The second-order valence-corrected chi connectivity index (χ2v) is 9.01. The average Bonchev–Trinajstić information content (AvgIpc) is 2.95. The number of ketones is 1. The Balaban J connectivity index is 1.39. The molecule has 0 saturated carbocycles. The van der Waals surface area contributed by atoms with E-state index in [1.54, 1.807) is 48.7 Å². The monoisotopic (exact) mass is 524 g/mol. The molecule has 3 N–H and O–H groups in total. The molecular weight excluding hydrogens is 492 g/mol. The summed E-state index contributed by atoms with van der Waals surface area (Å²) in [6.07, 6.45) is 7.40. The lowest BCUT2D eigenvalue weighted by molar-refractivity contribution is -0.111. The molecule has 2 heterocycles. The lowest BCUT2D eigenvalue weighted by atomic mass is 10.1. The van der Waals surface area contributed by atoms with Crippen LogP contribution in [0.1, 0.15) is 23.7 Å². The molecule has 39 heavy (non-hydrogen) atoms. The lowest BCUT2D eigenvalue weighted by Crippen LogP contribution is -2.36. The molecule has 8 heteroatoms. The van der Waals surface area contributed by atoms with E-state index in [0.717, 1.165) is 49.3 Å². The Morgan fingerprint density at radius 1 is 1.13 bits per heavy atom. The van der Waals surface area contributed by atoms with E-state index in [9.17, 15) is 9.59 Å². The van der Waals surface area contributed by atoms with Gasteiger partial charge in [0.05, 0.1) is 18.7 Å². The van der Waals surface area contributed by atoms with Gasteiger partial charge in [-0.2, -0.15) is 0 Å². The van der Waals surface area contributed by atoms with Gasteiger partial charge in [0.15, 0.2) is 5.78 Å². The molecule has 0 spiro atoms. The Bertz CT molecular complexity index is 1430. The van der Waals surface area contributed by atoms with Crippen molar-refractivity contribution in [2.75, 3.05) is 44.7 Å². The summed E-state index contributed by atoms with van der Waals surface area (Å²) in [6, 6.07) is 14.1. The molecule has 0 unspecified atom stereocenters. The van der Waals surface area contributed by atoms with Gasteiger partial charge in [0.2, 0.25) is 0 Å². The van der Waals surface area contributed by atoms with Crippen molar-refractivity contribution in [2.24, 2.45) is 5.73 Å². The summed E-state index contributed by atoms with van der Waals surface area (Å²) < 4.78 is 11.4. The van der Waals surface area contributed by atoms with Crippen molar-refractivity contribution in [2.45, 2.75) is 13.3 Å². The van der Waals surface area contributed by atoms with E-state index in [1.165, 1.54) is 6.08 Å². The van der Waals surface area contributed by atoms with Gasteiger partial charge in [0, 0.05) is 55.4 Å². The summed E-state index contributed by atoms with van der Waals surface area (Å²) in [6.45, 7) is 6.43. The van der Waals surface area contributed by atoms with E-state index in [-0.39, 0.29) is 11.7 Å². The second kappa shape index (κ2) is 14.0. The van der Waals surface area contributed by atoms with Crippen LogP contribution in [0.4, 0.5) is 5.69 Å². The van der Waals surface area contributed by atoms with Gasteiger partial charge in [0.25, 0.3) is 5.91 Å². The molecule has 2 aromatic carbocycles. The van der Waals surface area contributed by atoms with Gasteiger partial charge in [-0.15, -0.1) is 0 Å². The molecule has 4 rings (SSSR count). The summed E-state index contributed by atoms with van der Waals surface area (Å²) in [4.78, 5) is 31.5. The molecule has 1 aliphatic rings. The third-order valence-electron chi connectivity index (χ3n) is 6.12. The third kappa shape index (κ3) is 8.35. The number of aromatic nitrogens is 1. The van der Waals surface area contributed by atoms with E-state index in [1.807, 2.05) is 25.1 Å². The van der Waals surface area contributed by atoms with Crippen molar-refractivity contribution in [3.63, 3.8) is 0 Å². The SMILES string of the molecule is C/C(C=CC(=O)c1ccc(Oc2ccnc3ccc(NC(=O)C#CCCN4CCOCC4)cc23)cc1)=C/CN. The van der Waals surface area contributed by atoms with Gasteiger partial charge in [-0.3, -0.25) is 19.5 Å². The van der Waals surface area contributed by atoms with Crippen LogP contribution in [-0.4, -0.2) is 61.0 Å². The maximum Gasteiger partial charge on any atom is 0.300 e. The molecule has 0 bridgehead atoms. The van der Waals surface area contributed by atoms with Crippen LogP contribution in [0.2, 0.25) is 0 Å². The maximum atomic E-state index is 12.4. The first-order valence-electron chi connectivity index (χ1n) is 12.9. The van der Waals surface area contributed by atoms with Crippen molar-refractivity contribution in [3.8, 4) is 23.3 Å². The number of rotatable bonds is 9. The molecular formula is C31H32N4O4. The Labute approximate surface area is 228 Å². The van der Waals surface area contributed by atoms with Crippen molar-refractivity contribution in [3.05, 3.63) is 84.1 Å². The van der Waals surface area contributed by atoms with Crippen LogP contribution in [0.5, 0.6) is 11.5 Å². The molecule has 8 nitrogen and oxygen atoms in total. The molecule has 1 amide bonds. The van der Waals surface area contributed by atoms with Gasteiger partial charge < -0.3 is 20.5 Å². The number of carbonyl (C=O) groups is 2. The number of nitrogens with two attached hydrogens (primary N) is 1. The number of allylic oxidation sites excluding steroid dienone is 3. The average molecular weight is 525 g/mol. The van der Waals surface area contributed by atoms with Crippen molar-refractivity contribution >= 4 is 28.3 Å². The number of nitrogens with zero attached hydrogens (tertiary/aromatic N) is 2. The van der Waals surface area contributed by atoms with Gasteiger partial charge in [0.1, 0.15) is 11.5 Å². The zero-order valence-corrected chi connectivity index (χ0v) is 22.0. The lowest BCUT2D eigenvalue weighted by Gasteiger charge is -2.25. The Hall–Kier alpha value is -4.29. The largest absolute Gasteiger partial charge is 0.457 e. The normalized spacial score (nSPS) is 14.2. The fourth-order valence-electron chi connectivity index (χ4n) is 4.00. The maximum absolute atomic E-state index is 12.4. The highest BCUT2D eigenvalue weighted by Crippen LogP contribution is 2.31. The quantitative estimate of drug-likeness (QED) is 0.186. The van der Waals surface area contributed by atoms with Crippen molar-refractivity contribution in [1.82, 2.24) is 9.88 Å². The highest BCUT2D eigenvalue weighted by atomic mass is 16.5. The van der Waals surface area contributed by atoms with Crippen molar-refractivity contribution < 1.29 is 19.1 Å². The van der Waals surface area contributed by atoms with Gasteiger partial charge >= 0.3 is 0 Å². The van der Waals surface area contributed by atoms with E-state index in [4.69, 9.17) is 15.2 Å². The molecule has 1 aliphatic heterocycles. The molecule has 1 aromatic heterocycles. The number of benzene rings is 2. The van der Waals surface area contributed by atoms with Crippen LogP contribution in [0.15, 0.2) is 78.5 Å². The second-order valence-electron chi connectivity index (χ2n) is 9.01. The van der Waals surface area contributed by atoms with Crippen LogP contribution < -0.4 is 15.8 Å².